The average Bonchev–Trinajstić information content (AvgIpc) is 2.36. The van der Waals surface area contributed by atoms with E-state index in [1.807, 2.05) is 36.4 Å². The van der Waals surface area contributed by atoms with E-state index < -0.39 is 0 Å². The molecule has 2 aromatic rings. The Bertz CT molecular complexity index is 551. The van der Waals surface area contributed by atoms with Crippen molar-refractivity contribution in [3.05, 3.63) is 41.4 Å². The normalized spacial score (nSPS) is 10.5. The number of nitrogens with one attached hydrogen (secondary N) is 1. The van der Waals surface area contributed by atoms with Crippen molar-refractivity contribution in [1.29, 1.82) is 0 Å². The quantitative estimate of drug-likeness (QED) is 0.863. The van der Waals surface area contributed by atoms with Gasteiger partial charge in [0.25, 0.3) is 0 Å². The van der Waals surface area contributed by atoms with E-state index in [1.54, 1.807) is 7.05 Å². The van der Waals surface area contributed by atoms with Crippen molar-refractivity contribution in [3.63, 3.8) is 0 Å². The highest BCUT2D eigenvalue weighted by Gasteiger charge is 2.07. The Morgan fingerprint density at radius 2 is 2.00 bits per heavy atom. The molecule has 0 aliphatic rings. The zero-order valence-corrected chi connectivity index (χ0v) is 10.9. The highest BCUT2D eigenvalue weighted by molar-refractivity contribution is 8.00. The lowest BCUT2D eigenvalue weighted by molar-refractivity contribution is -0.118. The molecular weight excluding hydrogens is 254 g/mol. The maximum Gasteiger partial charge on any atom is 0.230 e. The van der Waals surface area contributed by atoms with Gasteiger partial charge in [0.1, 0.15) is 0 Å². The lowest BCUT2D eigenvalue weighted by Crippen LogP contribution is -2.19. The molecule has 4 heteroatoms. The zero-order chi connectivity index (χ0) is 12.3. The summed E-state index contributed by atoms with van der Waals surface area (Å²) in [6.07, 6.45) is 0. The van der Waals surface area contributed by atoms with E-state index in [1.165, 1.54) is 11.8 Å². The van der Waals surface area contributed by atoms with Crippen molar-refractivity contribution in [2.75, 3.05) is 12.8 Å². The first kappa shape index (κ1) is 12.3. The SMILES string of the molecule is CNC(=O)CSc1cccc2cccc(Cl)c12. The second-order valence-electron chi connectivity index (χ2n) is 3.56. The van der Waals surface area contributed by atoms with Gasteiger partial charge in [0.05, 0.1) is 5.75 Å². The first-order valence-corrected chi connectivity index (χ1v) is 6.59. The van der Waals surface area contributed by atoms with Crippen molar-refractivity contribution in [2.45, 2.75) is 4.90 Å². The highest BCUT2D eigenvalue weighted by atomic mass is 35.5. The molecule has 0 saturated carbocycles. The van der Waals surface area contributed by atoms with E-state index in [2.05, 4.69) is 5.32 Å². The molecule has 1 N–H and O–H groups in total. The van der Waals surface area contributed by atoms with Gasteiger partial charge in [-0.1, -0.05) is 35.9 Å². The lowest BCUT2D eigenvalue weighted by Gasteiger charge is -2.07. The fraction of sp³-hybridized carbons (Fsp3) is 0.154. The Balaban J connectivity index is 2.37. The van der Waals surface area contributed by atoms with Gasteiger partial charge in [-0.3, -0.25) is 4.79 Å². The summed E-state index contributed by atoms with van der Waals surface area (Å²) in [5, 5.41) is 5.45. The van der Waals surface area contributed by atoms with Gasteiger partial charge in [-0.05, 0) is 17.5 Å². The fourth-order valence-electron chi connectivity index (χ4n) is 1.60. The van der Waals surface area contributed by atoms with Crippen LogP contribution in [0.15, 0.2) is 41.3 Å². The molecule has 0 saturated heterocycles. The summed E-state index contributed by atoms with van der Waals surface area (Å²) in [6, 6.07) is 11.8. The van der Waals surface area contributed by atoms with Gasteiger partial charge in [0, 0.05) is 22.4 Å². The Kier molecular flexibility index (Phi) is 3.92. The Morgan fingerprint density at radius 3 is 2.71 bits per heavy atom. The summed E-state index contributed by atoms with van der Waals surface area (Å²) >= 11 is 7.70. The second-order valence-corrected chi connectivity index (χ2v) is 4.98. The van der Waals surface area contributed by atoms with Crippen molar-refractivity contribution in [2.24, 2.45) is 0 Å². The molecule has 0 radical (unpaired) electrons. The van der Waals surface area contributed by atoms with Crippen LogP contribution in [-0.4, -0.2) is 18.7 Å². The van der Waals surface area contributed by atoms with Crippen molar-refractivity contribution >= 4 is 40.0 Å². The van der Waals surface area contributed by atoms with Crippen LogP contribution in [0.1, 0.15) is 0 Å². The number of halogens is 1. The van der Waals surface area contributed by atoms with Crippen LogP contribution in [0.4, 0.5) is 0 Å². The standard InChI is InChI=1S/C13H12ClNOS/c1-15-12(16)8-17-11-7-3-5-9-4-2-6-10(14)13(9)11/h2-7H,8H2,1H3,(H,15,16). The third kappa shape index (κ3) is 2.73. The summed E-state index contributed by atoms with van der Waals surface area (Å²) in [4.78, 5) is 12.3. The molecule has 0 spiro atoms. The molecule has 0 aliphatic carbocycles. The third-order valence-corrected chi connectivity index (χ3v) is 3.83. The van der Waals surface area contributed by atoms with Gasteiger partial charge in [-0.2, -0.15) is 0 Å². The maximum absolute atomic E-state index is 11.2. The number of carbonyl (C=O) groups is 1. The molecule has 1 amide bonds. The molecule has 0 atom stereocenters. The molecular formula is C13H12ClNOS. The summed E-state index contributed by atoms with van der Waals surface area (Å²) < 4.78 is 0. The topological polar surface area (TPSA) is 29.1 Å². The predicted octanol–water partition coefficient (Wildman–Crippen LogP) is 3.33. The monoisotopic (exact) mass is 265 g/mol. The molecule has 0 fully saturated rings. The third-order valence-electron chi connectivity index (χ3n) is 2.45. The summed E-state index contributed by atoms with van der Waals surface area (Å²) in [5.74, 6) is 0.417. The van der Waals surface area contributed by atoms with Crippen molar-refractivity contribution < 1.29 is 4.79 Å². The molecule has 2 nitrogen and oxygen atoms in total. The second kappa shape index (κ2) is 5.43. The molecule has 0 bridgehead atoms. The van der Waals surface area contributed by atoms with Crippen LogP contribution < -0.4 is 5.32 Å². The zero-order valence-electron chi connectivity index (χ0n) is 9.37. The van der Waals surface area contributed by atoms with Gasteiger partial charge >= 0.3 is 0 Å². The van der Waals surface area contributed by atoms with Crippen LogP contribution in [0.25, 0.3) is 10.8 Å². The minimum atomic E-state index is 0.0130. The number of hydrogen-bond donors (Lipinski definition) is 1. The predicted molar refractivity (Wildman–Crippen MR) is 73.7 cm³/mol. The molecule has 2 aromatic carbocycles. The van der Waals surface area contributed by atoms with Crippen LogP contribution >= 0.6 is 23.4 Å². The fourth-order valence-corrected chi connectivity index (χ4v) is 2.92. The van der Waals surface area contributed by atoms with Gasteiger partial charge in [0.15, 0.2) is 0 Å². The smallest absolute Gasteiger partial charge is 0.230 e. The Morgan fingerprint density at radius 1 is 1.29 bits per heavy atom. The largest absolute Gasteiger partial charge is 0.358 e. The summed E-state index contributed by atoms with van der Waals surface area (Å²) in [5.41, 5.74) is 0. The number of thioether (sulfide) groups is 1. The maximum atomic E-state index is 11.2. The molecule has 0 aromatic heterocycles. The minimum Gasteiger partial charge on any atom is -0.358 e. The molecule has 88 valence electrons. The van der Waals surface area contributed by atoms with Crippen LogP contribution in [-0.2, 0) is 4.79 Å². The summed E-state index contributed by atoms with van der Waals surface area (Å²) in [6.45, 7) is 0. The number of hydrogen-bond acceptors (Lipinski definition) is 2. The molecule has 0 unspecified atom stereocenters. The van der Waals surface area contributed by atoms with E-state index in [-0.39, 0.29) is 5.91 Å². The lowest BCUT2D eigenvalue weighted by atomic mass is 10.1. The van der Waals surface area contributed by atoms with Gasteiger partial charge in [-0.15, -0.1) is 11.8 Å². The number of rotatable bonds is 3. The highest BCUT2D eigenvalue weighted by Crippen LogP contribution is 2.32. The van der Waals surface area contributed by atoms with E-state index in [4.69, 9.17) is 11.6 Å². The minimum absolute atomic E-state index is 0.0130. The van der Waals surface area contributed by atoms with Gasteiger partial charge < -0.3 is 5.32 Å². The molecule has 0 aliphatic heterocycles. The van der Waals surface area contributed by atoms with E-state index in [0.717, 1.165) is 20.7 Å². The van der Waals surface area contributed by atoms with Crippen LogP contribution in [0.5, 0.6) is 0 Å². The molecule has 0 heterocycles. The van der Waals surface area contributed by atoms with Crippen molar-refractivity contribution in [3.8, 4) is 0 Å². The van der Waals surface area contributed by atoms with E-state index >= 15 is 0 Å². The first-order chi connectivity index (χ1) is 8.22. The van der Waals surface area contributed by atoms with Crippen molar-refractivity contribution in [1.82, 2.24) is 5.32 Å². The van der Waals surface area contributed by atoms with E-state index in [9.17, 15) is 4.79 Å². The van der Waals surface area contributed by atoms with Crippen LogP contribution in [0, 0.1) is 0 Å². The molecule has 2 rings (SSSR count). The Labute approximate surface area is 109 Å². The van der Waals surface area contributed by atoms with Crippen LogP contribution in [0.3, 0.4) is 0 Å². The average molecular weight is 266 g/mol. The number of benzene rings is 2. The number of fused-ring (bicyclic) bond motifs is 1. The number of amides is 1. The first-order valence-electron chi connectivity index (χ1n) is 5.23. The summed E-state index contributed by atoms with van der Waals surface area (Å²) in [7, 11) is 1.64. The Hall–Kier alpha value is -1.19. The van der Waals surface area contributed by atoms with E-state index in [0.29, 0.717) is 5.75 Å². The van der Waals surface area contributed by atoms with Gasteiger partial charge in [-0.25, -0.2) is 0 Å². The van der Waals surface area contributed by atoms with Crippen LogP contribution in [0.2, 0.25) is 5.02 Å². The van der Waals surface area contributed by atoms with Gasteiger partial charge in [0.2, 0.25) is 5.91 Å². The number of carbonyl (C=O) groups excluding carboxylic acids is 1. The molecule has 17 heavy (non-hydrogen) atoms.